The molecule has 2 aromatic carbocycles. The van der Waals surface area contributed by atoms with Crippen molar-refractivity contribution in [2.75, 3.05) is 23.9 Å². The summed E-state index contributed by atoms with van der Waals surface area (Å²) in [6.45, 7) is 7.48. The van der Waals surface area contributed by atoms with Gasteiger partial charge in [-0.3, -0.25) is 0 Å². The predicted molar refractivity (Wildman–Crippen MR) is 119 cm³/mol. The molecule has 0 bridgehead atoms. The molecule has 0 aliphatic carbocycles. The number of aryl methyl sites for hydroxylation is 1. The van der Waals surface area contributed by atoms with Crippen LogP contribution in [0.2, 0.25) is 5.02 Å². The third-order valence-electron chi connectivity index (χ3n) is 5.25. The molecule has 150 valence electrons. The van der Waals surface area contributed by atoms with Gasteiger partial charge in [-0.25, -0.2) is 9.97 Å². The van der Waals surface area contributed by atoms with Gasteiger partial charge in [0.15, 0.2) is 0 Å². The quantitative estimate of drug-likeness (QED) is 0.571. The smallest absolute Gasteiger partial charge is 0.138 e. The number of methoxy groups -OCH3 is 1. The van der Waals surface area contributed by atoms with Gasteiger partial charge in [0.1, 0.15) is 23.2 Å². The van der Waals surface area contributed by atoms with Crippen LogP contribution in [0.3, 0.4) is 0 Å². The van der Waals surface area contributed by atoms with E-state index in [-0.39, 0.29) is 5.41 Å². The Bertz CT molecular complexity index is 1050. The zero-order chi connectivity index (χ0) is 20.6. The summed E-state index contributed by atoms with van der Waals surface area (Å²) in [7, 11) is 1.61. The van der Waals surface area contributed by atoms with Crippen LogP contribution in [0.25, 0.3) is 0 Å². The first-order valence-electron chi connectivity index (χ1n) is 9.77. The highest BCUT2D eigenvalue weighted by atomic mass is 35.5. The molecule has 1 N–H and O–H groups in total. The van der Waals surface area contributed by atoms with Gasteiger partial charge in [-0.15, -0.1) is 0 Å². The van der Waals surface area contributed by atoms with Gasteiger partial charge in [0.05, 0.1) is 12.1 Å². The number of hydrogen-bond acceptors (Lipinski definition) is 5. The highest BCUT2D eigenvalue weighted by Crippen LogP contribution is 2.43. The van der Waals surface area contributed by atoms with Crippen molar-refractivity contribution < 1.29 is 4.74 Å². The maximum Gasteiger partial charge on any atom is 0.138 e. The van der Waals surface area contributed by atoms with Crippen LogP contribution in [-0.4, -0.2) is 23.6 Å². The molecule has 0 atom stereocenters. The zero-order valence-corrected chi connectivity index (χ0v) is 17.9. The molecule has 1 aromatic heterocycles. The summed E-state index contributed by atoms with van der Waals surface area (Å²) in [6.07, 6.45) is 0.755. The summed E-state index contributed by atoms with van der Waals surface area (Å²) in [4.78, 5) is 11.8. The van der Waals surface area contributed by atoms with Crippen molar-refractivity contribution in [3.05, 3.63) is 64.9 Å². The van der Waals surface area contributed by atoms with Crippen LogP contribution >= 0.6 is 11.6 Å². The van der Waals surface area contributed by atoms with Crippen molar-refractivity contribution in [2.45, 2.75) is 32.6 Å². The largest absolute Gasteiger partial charge is 0.495 e. The average molecular weight is 409 g/mol. The Morgan fingerprint density at radius 3 is 2.66 bits per heavy atom. The maximum atomic E-state index is 6.27. The Hall–Kier alpha value is -2.79. The third kappa shape index (κ3) is 3.75. The first-order valence-corrected chi connectivity index (χ1v) is 10.1. The molecule has 0 unspecified atom stereocenters. The third-order valence-corrected chi connectivity index (χ3v) is 5.55. The number of halogens is 1. The van der Waals surface area contributed by atoms with E-state index in [2.05, 4.69) is 60.2 Å². The monoisotopic (exact) mass is 408 g/mol. The summed E-state index contributed by atoms with van der Waals surface area (Å²) in [5.41, 5.74) is 3.46. The molecular weight excluding hydrogens is 384 g/mol. The number of rotatable bonds is 5. The van der Waals surface area contributed by atoms with E-state index in [9.17, 15) is 0 Å². The molecule has 4 rings (SSSR count). The van der Waals surface area contributed by atoms with Gasteiger partial charge < -0.3 is 15.0 Å². The highest BCUT2D eigenvalue weighted by molar-refractivity contribution is 6.32. The molecule has 29 heavy (non-hydrogen) atoms. The van der Waals surface area contributed by atoms with E-state index < -0.39 is 0 Å². The first kappa shape index (κ1) is 19.5. The number of benzene rings is 2. The molecule has 0 saturated heterocycles. The van der Waals surface area contributed by atoms with Crippen LogP contribution in [0.5, 0.6) is 5.75 Å². The minimum atomic E-state index is 0.0605. The van der Waals surface area contributed by atoms with Crippen LogP contribution in [0.1, 0.15) is 32.2 Å². The molecule has 1 aliphatic rings. The normalized spacial score (nSPS) is 14.6. The van der Waals surface area contributed by atoms with Crippen LogP contribution in [0.15, 0.2) is 48.5 Å². The van der Waals surface area contributed by atoms with Crippen LogP contribution in [0, 0.1) is 0 Å². The van der Waals surface area contributed by atoms with E-state index >= 15 is 0 Å². The maximum absolute atomic E-state index is 6.27. The number of nitrogens with one attached hydrogen (secondary N) is 1. The summed E-state index contributed by atoms with van der Waals surface area (Å²) in [5, 5.41) is 3.91. The van der Waals surface area contributed by atoms with E-state index in [0.717, 1.165) is 36.1 Å². The van der Waals surface area contributed by atoms with Crippen LogP contribution < -0.4 is 15.0 Å². The SMILES string of the molecule is CCc1nc(Nc2ccc(OC)c(Cl)c2)cc(N2CC(C)(C)c3ccccc32)n1. The van der Waals surface area contributed by atoms with Crippen LogP contribution in [-0.2, 0) is 11.8 Å². The van der Waals surface area contributed by atoms with Gasteiger partial charge >= 0.3 is 0 Å². The molecule has 1 aliphatic heterocycles. The summed E-state index contributed by atoms with van der Waals surface area (Å²) in [6, 6.07) is 16.1. The van der Waals surface area contributed by atoms with Gasteiger partial charge in [-0.05, 0) is 29.8 Å². The number of fused-ring (bicyclic) bond motifs is 1. The zero-order valence-electron chi connectivity index (χ0n) is 17.2. The molecule has 6 heteroatoms. The molecule has 0 spiro atoms. The Morgan fingerprint density at radius 1 is 1.14 bits per heavy atom. The summed E-state index contributed by atoms with van der Waals surface area (Å²) < 4.78 is 5.23. The second-order valence-electron chi connectivity index (χ2n) is 7.84. The van der Waals surface area contributed by atoms with Crippen molar-refractivity contribution in [3.63, 3.8) is 0 Å². The van der Waals surface area contributed by atoms with Crippen molar-refractivity contribution in [1.29, 1.82) is 0 Å². The van der Waals surface area contributed by atoms with Gasteiger partial charge in [0.2, 0.25) is 0 Å². The fourth-order valence-corrected chi connectivity index (χ4v) is 4.04. The molecular formula is C23H25ClN4O. The summed E-state index contributed by atoms with van der Waals surface area (Å²) in [5.74, 6) is 3.09. The van der Waals surface area contributed by atoms with Gasteiger partial charge in [-0.2, -0.15) is 0 Å². The van der Waals surface area contributed by atoms with E-state index in [1.54, 1.807) is 7.11 Å². The van der Waals surface area contributed by atoms with Crippen molar-refractivity contribution >= 4 is 34.6 Å². The van der Waals surface area contributed by atoms with Crippen molar-refractivity contribution in [3.8, 4) is 5.75 Å². The van der Waals surface area contributed by atoms with E-state index in [1.807, 2.05) is 24.3 Å². The standard InChI is InChI=1S/C23H25ClN4O/c1-5-20-26-21(25-15-10-11-19(29-4)17(24)12-15)13-22(27-20)28-14-23(2,3)16-8-6-7-9-18(16)28/h6-13H,5,14H2,1-4H3,(H,25,26,27). The lowest BCUT2D eigenvalue weighted by Gasteiger charge is -2.22. The van der Waals surface area contributed by atoms with Crippen molar-refractivity contribution in [2.24, 2.45) is 0 Å². The second kappa shape index (κ2) is 7.56. The molecule has 0 amide bonds. The predicted octanol–water partition coefficient (Wildman–Crippen LogP) is 5.87. The Labute approximate surface area is 176 Å². The Kier molecular flexibility index (Phi) is 5.09. The Morgan fingerprint density at radius 2 is 1.93 bits per heavy atom. The van der Waals surface area contributed by atoms with Gasteiger partial charge in [0.25, 0.3) is 0 Å². The van der Waals surface area contributed by atoms with E-state index in [0.29, 0.717) is 10.8 Å². The highest BCUT2D eigenvalue weighted by Gasteiger charge is 2.36. The minimum absolute atomic E-state index is 0.0605. The first-order chi connectivity index (χ1) is 13.9. The topological polar surface area (TPSA) is 50.3 Å². The molecule has 5 nitrogen and oxygen atoms in total. The lowest BCUT2D eigenvalue weighted by molar-refractivity contribution is 0.415. The number of ether oxygens (including phenoxy) is 1. The summed E-state index contributed by atoms with van der Waals surface area (Å²) >= 11 is 6.27. The number of anilines is 4. The Balaban J connectivity index is 1.71. The average Bonchev–Trinajstić information content (AvgIpc) is 2.99. The number of nitrogens with zero attached hydrogens (tertiary/aromatic N) is 3. The number of aromatic nitrogens is 2. The number of para-hydroxylation sites is 1. The second-order valence-corrected chi connectivity index (χ2v) is 8.25. The van der Waals surface area contributed by atoms with Crippen molar-refractivity contribution in [1.82, 2.24) is 9.97 Å². The van der Waals surface area contributed by atoms with E-state index in [1.165, 1.54) is 11.3 Å². The van der Waals surface area contributed by atoms with Crippen LogP contribution in [0.4, 0.5) is 23.0 Å². The molecule has 0 saturated carbocycles. The fourth-order valence-electron chi connectivity index (χ4n) is 3.79. The number of hydrogen-bond donors (Lipinski definition) is 1. The molecule has 2 heterocycles. The molecule has 0 radical (unpaired) electrons. The fraction of sp³-hybridized carbons (Fsp3) is 0.304. The lowest BCUT2D eigenvalue weighted by Crippen LogP contribution is -2.26. The lowest BCUT2D eigenvalue weighted by atomic mass is 9.87. The van der Waals surface area contributed by atoms with E-state index in [4.69, 9.17) is 21.3 Å². The molecule has 3 aromatic rings. The minimum Gasteiger partial charge on any atom is -0.495 e. The van der Waals surface area contributed by atoms with Gasteiger partial charge in [-0.1, -0.05) is 50.6 Å². The van der Waals surface area contributed by atoms with Gasteiger partial charge in [0, 0.05) is 35.8 Å². The molecule has 0 fully saturated rings.